The van der Waals surface area contributed by atoms with Gasteiger partial charge in [-0.05, 0) is 36.4 Å². The molecule has 0 aliphatic carbocycles. The second-order valence-corrected chi connectivity index (χ2v) is 6.98. The van der Waals surface area contributed by atoms with Crippen LogP contribution in [0.15, 0.2) is 47.8 Å². The van der Waals surface area contributed by atoms with Gasteiger partial charge >= 0.3 is 0 Å². The molecule has 0 unspecified atom stereocenters. The molecule has 0 aliphatic rings. The molecule has 0 saturated carbocycles. The van der Waals surface area contributed by atoms with Gasteiger partial charge in [-0.2, -0.15) is 0 Å². The van der Waals surface area contributed by atoms with Crippen molar-refractivity contribution < 1.29 is 23.8 Å². The van der Waals surface area contributed by atoms with Gasteiger partial charge in [-0.15, -0.1) is 11.3 Å². The Kier molecular flexibility index (Phi) is 6.87. The van der Waals surface area contributed by atoms with Crippen molar-refractivity contribution in [3.8, 4) is 17.2 Å². The maximum absolute atomic E-state index is 12.4. The first-order valence-electron chi connectivity index (χ1n) is 8.94. The lowest BCUT2D eigenvalue weighted by Gasteiger charge is -2.11. The third-order valence-corrected chi connectivity index (χ3v) is 4.95. The van der Waals surface area contributed by atoms with Crippen LogP contribution in [0.2, 0.25) is 0 Å². The standard InChI is InChI=1S/C21H21N3O5S/c1-27-15-6-4-13(5-7-15)20(26)24-21-22-14(12-30-21)10-19(25)23-17-11-16(28-2)8-9-18(17)29-3/h4-9,11-12H,10H2,1-3H3,(H,23,25)(H,22,24,26). The molecule has 30 heavy (non-hydrogen) atoms. The van der Waals surface area contributed by atoms with Crippen molar-refractivity contribution in [2.75, 3.05) is 32.0 Å². The fourth-order valence-electron chi connectivity index (χ4n) is 2.63. The Morgan fingerprint density at radius 3 is 2.30 bits per heavy atom. The molecular weight excluding hydrogens is 406 g/mol. The fraction of sp³-hybridized carbons (Fsp3) is 0.190. The first-order valence-corrected chi connectivity index (χ1v) is 9.82. The number of amides is 2. The van der Waals surface area contributed by atoms with Crippen molar-refractivity contribution in [3.05, 3.63) is 59.1 Å². The third kappa shape index (κ3) is 5.26. The summed E-state index contributed by atoms with van der Waals surface area (Å²) < 4.78 is 15.5. The van der Waals surface area contributed by atoms with E-state index >= 15 is 0 Å². The second-order valence-electron chi connectivity index (χ2n) is 6.12. The highest BCUT2D eigenvalue weighted by Crippen LogP contribution is 2.29. The average Bonchev–Trinajstić information content (AvgIpc) is 3.20. The fourth-order valence-corrected chi connectivity index (χ4v) is 3.33. The Morgan fingerprint density at radius 2 is 1.63 bits per heavy atom. The van der Waals surface area contributed by atoms with Crippen molar-refractivity contribution in [1.82, 2.24) is 4.98 Å². The van der Waals surface area contributed by atoms with Gasteiger partial charge in [-0.25, -0.2) is 4.98 Å². The number of anilines is 2. The van der Waals surface area contributed by atoms with Crippen molar-refractivity contribution in [2.45, 2.75) is 6.42 Å². The van der Waals surface area contributed by atoms with Crippen molar-refractivity contribution >= 4 is 34.0 Å². The zero-order valence-corrected chi connectivity index (χ0v) is 17.5. The van der Waals surface area contributed by atoms with Gasteiger partial charge in [0.15, 0.2) is 5.13 Å². The van der Waals surface area contributed by atoms with Gasteiger partial charge in [0.05, 0.1) is 39.1 Å². The first kappa shape index (κ1) is 21.1. The van der Waals surface area contributed by atoms with E-state index in [1.807, 2.05) is 0 Å². The Bertz CT molecular complexity index is 1030. The lowest BCUT2D eigenvalue weighted by molar-refractivity contribution is -0.115. The highest BCUT2D eigenvalue weighted by atomic mass is 32.1. The minimum absolute atomic E-state index is 0.0509. The molecule has 8 nitrogen and oxygen atoms in total. The van der Waals surface area contributed by atoms with E-state index in [-0.39, 0.29) is 18.2 Å². The quantitative estimate of drug-likeness (QED) is 0.570. The summed E-state index contributed by atoms with van der Waals surface area (Å²) in [4.78, 5) is 29.1. The van der Waals surface area contributed by atoms with Gasteiger partial charge in [0.2, 0.25) is 5.91 Å². The summed E-state index contributed by atoms with van der Waals surface area (Å²) in [6.45, 7) is 0. The topological polar surface area (TPSA) is 98.8 Å². The first-order chi connectivity index (χ1) is 14.5. The predicted octanol–water partition coefficient (Wildman–Crippen LogP) is 3.60. The molecule has 1 heterocycles. The molecule has 156 valence electrons. The summed E-state index contributed by atoms with van der Waals surface area (Å²) in [6, 6.07) is 11.9. The van der Waals surface area contributed by atoms with Crippen LogP contribution in [0.3, 0.4) is 0 Å². The van der Waals surface area contributed by atoms with Crippen molar-refractivity contribution in [3.63, 3.8) is 0 Å². The summed E-state index contributed by atoms with van der Waals surface area (Å²) in [6.07, 6.45) is 0.0509. The number of ether oxygens (including phenoxy) is 3. The largest absolute Gasteiger partial charge is 0.497 e. The minimum atomic E-state index is -0.288. The molecule has 2 amide bonds. The van der Waals surface area contributed by atoms with E-state index in [0.29, 0.717) is 39.3 Å². The van der Waals surface area contributed by atoms with Gasteiger partial charge in [0.1, 0.15) is 17.2 Å². The monoisotopic (exact) mass is 427 g/mol. The van der Waals surface area contributed by atoms with E-state index in [4.69, 9.17) is 14.2 Å². The average molecular weight is 427 g/mol. The van der Waals surface area contributed by atoms with Crippen LogP contribution in [0.25, 0.3) is 0 Å². The SMILES string of the molecule is COc1ccc(C(=O)Nc2nc(CC(=O)Nc3cc(OC)ccc3OC)cs2)cc1. The molecule has 3 rings (SSSR count). The molecule has 1 aromatic heterocycles. The highest BCUT2D eigenvalue weighted by Gasteiger charge is 2.13. The van der Waals surface area contributed by atoms with Gasteiger partial charge in [0, 0.05) is 17.0 Å². The molecule has 0 saturated heterocycles. The number of rotatable bonds is 8. The van der Waals surface area contributed by atoms with E-state index < -0.39 is 0 Å². The lowest BCUT2D eigenvalue weighted by atomic mass is 10.2. The molecule has 0 radical (unpaired) electrons. The lowest BCUT2D eigenvalue weighted by Crippen LogP contribution is -2.15. The molecular formula is C21H21N3O5S. The van der Waals surface area contributed by atoms with Gasteiger partial charge in [0.25, 0.3) is 5.91 Å². The third-order valence-electron chi connectivity index (χ3n) is 4.15. The van der Waals surface area contributed by atoms with E-state index in [0.717, 1.165) is 0 Å². The van der Waals surface area contributed by atoms with Crippen LogP contribution in [0.1, 0.15) is 16.1 Å². The highest BCUT2D eigenvalue weighted by molar-refractivity contribution is 7.14. The zero-order chi connectivity index (χ0) is 21.5. The summed E-state index contributed by atoms with van der Waals surface area (Å²) in [5, 5.41) is 7.67. The molecule has 0 fully saturated rings. The second kappa shape index (κ2) is 9.75. The van der Waals surface area contributed by atoms with E-state index in [9.17, 15) is 9.59 Å². The van der Waals surface area contributed by atoms with E-state index in [1.165, 1.54) is 18.4 Å². The predicted molar refractivity (Wildman–Crippen MR) is 115 cm³/mol. The van der Waals surface area contributed by atoms with E-state index in [1.54, 1.807) is 62.1 Å². The molecule has 0 spiro atoms. The number of carbonyl (C=O) groups is 2. The van der Waals surface area contributed by atoms with Crippen LogP contribution in [0.5, 0.6) is 17.2 Å². The maximum Gasteiger partial charge on any atom is 0.257 e. The van der Waals surface area contributed by atoms with Gasteiger partial charge in [-0.1, -0.05) is 0 Å². The Balaban J connectivity index is 1.61. The molecule has 0 aliphatic heterocycles. The molecule has 3 aromatic rings. The number of nitrogens with zero attached hydrogens (tertiary/aromatic N) is 1. The van der Waals surface area contributed by atoms with Crippen molar-refractivity contribution in [2.24, 2.45) is 0 Å². The summed E-state index contributed by atoms with van der Waals surface area (Å²) in [5.74, 6) is 1.24. The smallest absolute Gasteiger partial charge is 0.257 e. The Labute approximate surface area is 177 Å². The van der Waals surface area contributed by atoms with Crippen LogP contribution in [-0.4, -0.2) is 38.1 Å². The minimum Gasteiger partial charge on any atom is -0.497 e. The number of hydrogen-bond donors (Lipinski definition) is 2. The van der Waals surface area contributed by atoms with Crippen LogP contribution in [0, 0.1) is 0 Å². The number of methoxy groups -OCH3 is 3. The maximum atomic E-state index is 12.4. The van der Waals surface area contributed by atoms with Crippen LogP contribution < -0.4 is 24.8 Å². The molecule has 2 aromatic carbocycles. The number of carbonyl (C=O) groups excluding carboxylic acids is 2. The number of aromatic nitrogens is 1. The van der Waals surface area contributed by atoms with Crippen LogP contribution >= 0.6 is 11.3 Å². The number of nitrogens with one attached hydrogen (secondary N) is 2. The van der Waals surface area contributed by atoms with Gasteiger partial charge < -0.3 is 19.5 Å². The zero-order valence-electron chi connectivity index (χ0n) is 16.7. The number of hydrogen-bond acceptors (Lipinski definition) is 7. The van der Waals surface area contributed by atoms with Gasteiger partial charge in [-0.3, -0.25) is 14.9 Å². The Morgan fingerprint density at radius 1 is 0.933 bits per heavy atom. The van der Waals surface area contributed by atoms with Crippen LogP contribution in [0.4, 0.5) is 10.8 Å². The molecule has 2 N–H and O–H groups in total. The number of benzene rings is 2. The molecule has 9 heteroatoms. The number of thiazole rings is 1. The van der Waals surface area contributed by atoms with Crippen LogP contribution in [-0.2, 0) is 11.2 Å². The molecule has 0 atom stereocenters. The van der Waals surface area contributed by atoms with Crippen molar-refractivity contribution in [1.29, 1.82) is 0 Å². The summed E-state index contributed by atoms with van der Waals surface area (Å²) >= 11 is 1.25. The normalized spacial score (nSPS) is 10.2. The Hall–Kier alpha value is -3.59. The summed E-state index contributed by atoms with van der Waals surface area (Å²) in [7, 11) is 4.63. The van der Waals surface area contributed by atoms with E-state index in [2.05, 4.69) is 15.6 Å². The summed E-state index contributed by atoms with van der Waals surface area (Å²) in [5.41, 5.74) is 1.53. The molecule has 0 bridgehead atoms.